The minimum atomic E-state index is -0.598. The Balaban J connectivity index is 2.06. The van der Waals surface area contributed by atoms with E-state index in [-0.39, 0.29) is 5.75 Å². The van der Waals surface area contributed by atoms with Crippen LogP contribution in [0, 0.1) is 5.82 Å². The van der Waals surface area contributed by atoms with Crippen molar-refractivity contribution < 1.29 is 14.2 Å². The van der Waals surface area contributed by atoms with E-state index in [1.54, 1.807) is 6.07 Å². The van der Waals surface area contributed by atoms with Gasteiger partial charge in [-0.3, -0.25) is 0 Å². The van der Waals surface area contributed by atoms with Crippen molar-refractivity contribution in [2.45, 2.75) is 6.42 Å². The molecule has 0 atom stereocenters. The van der Waals surface area contributed by atoms with Crippen LogP contribution in [0.1, 0.15) is 5.56 Å². The van der Waals surface area contributed by atoms with Crippen molar-refractivity contribution in [3.63, 3.8) is 0 Å². The molecule has 3 heteroatoms. The zero-order valence-corrected chi connectivity index (χ0v) is 9.11. The van der Waals surface area contributed by atoms with Crippen molar-refractivity contribution >= 4 is 0 Å². The van der Waals surface area contributed by atoms with Gasteiger partial charge in [0.1, 0.15) is 5.75 Å². The van der Waals surface area contributed by atoms with E-state index >= 15 is 0 Å². The molecule has 17 heavy (non-hydrogen) atoms. The van der Waals surface area contributed by atoms with Gasteiger partial charge in [-0.25, -0.2) is 4.39 Å². The number of rotatable bonds is 1. The molecule has 0 aliphatic carbocycles. The highest BCUT2D eigenvalue weighted by molar-refractivity contribution is 5.66. The number of halogens is 1. The van der Waals surface area contributed by atoms with Gasteiger partial charge in [0, 0.05) is 6.42 Å². The molecule has 0 saturated carbocycles. The Hall–Kier alpha value is -2.03. The number of aromatic hydroxyl groups is 1. The van der Waals surface area contributed by atoms with Crippen molar-refractivity contribution in [1.29, 1.82) is 0 Å². The Kier molecular flexibility index (Phi) is 2.25. The number of hydrogen-bond acceptors (Lipinski definition) is 2. The van der Waals surface area contributed by atoms with Crippen molar-refractivity contribution in [1.82, 2.24) is 0 Å². The third-order valence-corrected chi connectivity index (χ3v) is 2.97. The molecule has 86 valence electrons. The van der Waals surface area contributed by atoms with E-state index in [2.05, 4.69) is 0 Å². The molecule has 2 aromatic rings. The molecule has 3 rings (SSSR count). The van der Waals surface area contributed by atoms with Crippen LogP contribution in [-0.4, -0.2) is 11.7 Å². The predicted octanol–water partition coefficient (Wildman–Crippen LogP) is 3.13. The van der Waals surface area contributed by atoms with Crippen LogP contribution in [0.5, 0.6) is 11.5 Å². The molecular weight excluding hydrogens is 219 g/mol. The van der Waals surface area contributed by atoms with Crippen molar-refractivity contribution in [3.05, 3.63) is 47.8 Å². The van der Waals surface area contributed by atoms with Crippen molar-refractivity contribution in [3.8, 4) is 22.6 Å². The second kappa shape index (κ2) is 3.77. The first-order chi connectivity index (χ1) is 8.24. The molecule has 2 nitrogen and oxygen atoms in total. The summed E-state index contributed by atoms with van der Waals surface area (Å²) >= 11 is 0. The summed E-state index contributed by atoms with van der Waals surface area (Å²) in [6.45, 7) is 0.711. The summed E-state index contributed by atoms with van der Waals surface area (Å²) in [6, 6.07) is 10.2. The lowest BCUT2D eigenvalue weighted by atomic mass is 10.0. The summed E-state index contributed by atoms with van der Waals surface area (Å²) in [5.41, 5.74) is 2.85. The van der Waals surface area contributed by atoms with Gasteiger partial charge in [-0.2, -0.15) is 0 Å². The van der Waals surface area contributed by atoms with Gasteiger partial charge >= 0.3 is 0 Å². The van der Waals surface area contributed by atoms with E-state index in [1.807, 2.05) is 18.2 Å². The molecule has 0 aromatic heterocycles. The molecule has 0 unspecified atom stereocenters. The smallest absolute Gasteiger partial charge is 0.165 e. The van der Waals surface area contributed by atoms with Crippen LogP contribution in [-0.2, 0) is 6.42 Å². The zero-order chi connectivity index (χ0) is 11.8. The number of fused-ring (bicyclic) bond motifs is 1. The van der Waals surface area contributed by atoms with E-state index in [0.29, 0.717) is 6.61 Å². The molecule has 0 fully saturated rings. The Labute approximate surface area is 98.3 Å². The summed E-state index contributed by atoms with van der Waals surface area (Å²) in [5.74, 6) is -0.00880. The fourth-order valence-corrected chi connectivity index (χ4v) is 2.05. The maximum absolute atomic E-state index is 13.3. The molecule has 0 spiro atoms. The van der Waals surface area contributed by atoms with Gasteiger partial charge in [-0.1, -0.05) is 12.1 Å². The molecule has 0 bridgehead atoms. The van der Waals surface area contributed by atoms with Crippen LogP contribution in [0.15, 0.2) is 36.4 Å². The Morgan fingerprint density at radius 2 is 1.82 bits per heavy atom. The molecule has 1 heterocycles. The lowest BCUT2D eigenvalue weighted by Gasteiger charge is -2.05. The summed E-state index contributed by atoms with van der Waals surface area (Å²) < 4.78 is 18.7. The minimum absolute atomic E-state index is 0.321. The number of phenols is 1. The van der Waals surface area contributed by atoms with Gasteiger partial charge in [-0.05, 0) is 41.0 Å². The molecule has 0 radical (unpaired) electrons. The van der Waals surface area contributed by atoms with Crippen LogP contribution >= 0.6 is 0 Å². The first-order valence-corrected chi connectivity index (χ1v) is 5.49. The topological polar surface area (TPSA) is 29.5 Å². The quantitative estimate of drug-likeness (QED) is 0.815. The molecule has 2 aromatic carbocycles. The van der Waals surface area contributed by atoms with Crippen LogP contribution < -0.4 is 4.74 Å². The third kappa shape index (κ3) is 1.73. The van der Waals surface area contributed by atoms with Gasteiger partial charge in [0.15, 0.2) is 11.6 Å². The standard InChI is InChI=1S/C14H11FO2/c15-12-8-10(1-3-13(12)16)9-2-4-14-11(7-9)5-6-17-14/h1-4,7-8,16H,5-6H2. The molecule has 0 amide bonds. The second-order valence-electron chi connectivity index (χ2n) is 4.09. The fraction of sp³-hybridized carbons (Fsp3) is 0.143. The summed E-state index contributed by atoms with van der Waals surface area (Å²) in [5, 5.41) is 9.15. The lowest BCUT2D eigenvalue weighted by Crippen LogP contribution is -1.85. The average Bonchev–Trinajstić information content (AvgIpc) is 2.79. The van der Waals surface area contributed by atoms with Gasteiger partial charge in [0.25, 0.3) is 0 Å². The highest BCUT2D eigenvalue weighted by Gasteiger charge is 2.13. The highest BCUT2D eigenvalue weighted by Crippen LogP contribution is 2.31. The molecule has 1 aliphatic rings. The number of hydrogen-bond donors (Lipinski definition) is 1. The van der Waals surface area contributed by atoms with Gasteiger partial charge in [-0.15, -0.1) is 0 Å². The monoisotopic (exact) mass is 230 g/mol. The first kappa shape index (κ1) is 10.1. The van der Waals surface area contributed by atoms with Gasteiger partial charge < -0.3 is 9.84 Å². The van der Waals surface area contributed by atoms with Gasteiger partial charge in [0.2, 0.25) is 0 Å². The van der Waals surface area contributed by atoms with Crippen LogP contribution in [0.4, 0.5) is 4.39 Å². The third-order valence-electron chi connectivity index (χ3n) is 2.97. The van der Waals surface area contributed by atoms with Crippen molar-refractivity contribution in [2.24, 2.45) is 0 Å². The van der Waals surface area contributed by atoms with E-state index in [9.17, 15) is 4.39 Å². The van der Waals surface area contributed by atoms with Crippen molar-refractivity contribution in [2.75, 3.05) is 6.61 Å². The first-order valence-electron chi connectivity index (χ1n) is 5.49. The summed E-state index contributed by atoms with van der Waals surface area (Å²) in [7, 11) is 0. The number of phenolic OH excluding ortho intramolecular Hbond substituents is 1. The van der Waals surface area contributed by atoms with Crippen LogP contribution in [0.25, 0.3) is 11.1 Å². The number of ether oxygens (including phenoxy) is 1. The zero-order valence-electron chi connectivity index (χ0n) is 9.11. The predicted molar refractivity (Wildman–Crippen MR) is 62.7 cm³/mol. The maximum Gasteiger partial charge on any atom is 0.165 e. The SMILES string of the molecule is Oc1ccc(-c2ccc3c(c2)CCO3)cc1F. The molecule has 0 saturated heterocycles. The molecular formula is C14H11FO2. The fourth-order valence-electron chi connectivity index (χ4n) is 2.05. The normalized spacial score (nSPS) is 13.2. The second-order valence-corrected chi connectivity index (χ2v) is 4.09. The van der Waals surface area contributed by atoms with E-state index in [0.717, 1.165) is 28.9 Å². The Morgan fingerprint density at radius 3 is 2.65 bits per heavy atom. The largest absolute Gasteiger partial charge is 0.505 e. The van der Waals surface area contributed by atoms with Gasteiger partial charge in [0.05, 0.1) is 6.61 Å². The van der Waals surface area contributed by atoms with E-state index in [1.165, 1.54) is 12.1 Å². The van der Waals surface area contributed by atoms with E-state index < -0.39 is 5.82 Å². The van der Waals surface area contributed by atoms with E-state index in [4.69, 9.17) is 9.84 Å². The van der Waals surface area contributed by atoms with Crippen LogP contribution in [0.3, 0.4) is 0 Å². The summed E-state index contributed by atoms with van der Waals surface area (Å²) in [4.78, 5) is 0. The Bertz CT molecular complexity index is 578. The van der Waals surface area contributed by atoms with Crippen LogP contribution in [0.2, 0.25) is 0 Å². The molecule has 1 N–H and O–H groups in total. The highest BCUT2D eigenvalue weighted by atomic mass is 19.1. The lowest BCUT2D eigenvalue weighted by molar-refractivity contribution is 0.357. The minimum Gasteiger partial charge on any atom is -0.505 e. The Morgan fingerprint density at radius 1 is 1.06 bits per heavy atom. The number of benzene rings is 2. The summed E-state index contributed by atoms with van der Waals surface area (Å²) in [6.07, 6.45) is 0.893. The molecule has 1 aliphatic heterocycles. The maximum atomic E-state index is 13.3. The average molecular weight is 230 g/mol.